The Morgan fingerprint density at radius 3 is 2.05 bits per heavy atom. The van der Waals surface area contributed by atoms with Crippen LogP contribution < -0.4 is 24.2 Å². The number of hydrogen-bond donors (Lipinski definition) is 2. The fourth-order valence-electron chi connectivity index (χ4n) is 1.19. The van der Waals surface area contributed by atoms with Crippen LogP contribution in [0.4, 0.5) is 9.59 Å². The predicted octanol–water partition coefficient (Wildman–Crippen LogP) is -1.06. The van der Waals surface area contributed by atoms with Crippen LogP contribution in [0.25, 0.3) is 0 Å². The number of alkyl carbamates (subject to hydrolysis) is 1. The van der Waals surface area contributed by atoms with Gasteiger partial charge in [-0.05, 0) is 20.8 Å². The molecule has 0 saturated heterocycles. The van der Waals surface area contributed by atoms with Crippen molar-refractivity contribution in [1.29, 1.82) is 0 Å². The first kappa shape index (κ1) is 22.8. The van der Waals surface area contributed by atoms with Crippen molar-refractivity contribution < 1.29 is 52.6 Å². The van der Waals surface area contributed by atoms with E-state index in [4.69, 9.17) is 14.6 Å². The summed E-state index contributed by atoms with van der Waals surface area (Å²) in [5.74, 6) is -1.06. The SMILES string of the molecule is CC(C)[C-](NC(=O)OC(C)(C)C)C(=O)OCCOC(=O)O.[Li+]. The molecule has 0 atom stereocenters. The second-order valence-corrected chi connectivity index (χ2v) is 5.45. The van der Waals surface area contributed by atoms with Gasteiger partial charge < -0.3 is 24.6 Å². The quantitative estimate of drug-likeness (QED) is 0.211. The van der Waals surface area contributed by atoms with Crippen LogP contribution in [-0.4, -0.2) is 42.1 Å². The van der Waals surface area contributed by atoms with Crippen LogP contribution in [-0.2, 0) is 19.0 Å². The molecule has 8 nitrogen and oxygen atoms in total. The second-order valence-electron chi connectivity index (χ2n) is 5.45. The third kappa shape index (κ3) is 11.2. The maximum Gasteiger partial charge on any atom is 1.00 e. The molecule has 0 aliphatic rings. The molecule has 0 aromatic carbocycles. The van der Waals surface area contributed by atoms with Crippen molar-refractivity contribution in [2.24, 2.45) is 5.92 Å². The van der Waals surface area contributed by atoms with Gasteiger partial charge in [-0.1, -0.05) is 13.8 Å². The minimum Gasteiger partial charge on any atom is -0.483 e. The molecule has 0 aliphatic carbocycles. The first-order valence-corrected chi connectivity index (χ1v) is 6.42. The Morgan fingerprint density at radius 2 is 1.64 bits per heavy atom. The molecular weight excluding hydrogens is 289 g/mol. The van der Waals surface area contributed by atoms with Gasteiger partial charge >= 0.3 is 31.1 Å². The largest absolute Gasteiger partial charge is 1.00 e. The molecule has 0 unspecified atom stereocenters. The van der Waals surface area contributed by atoms with Crippen LogP contribution in [0.3, 0.4) is 0 Å². The molecule has 22 heavy (non-hydrogen) atoms. The number of carbonyl (C=O) groups is 3. The van der Waals surface area contributed by atoms with Crippen LogP contribution >= 0.6 is 0 Å². The molecule has 122 valence electrons. The van der Waals surface area contributed by atoms with Crippen LogP contribution in [0.1, 0.15) is 34.6 Å². The summed E-state index contributed by atoms with van der Waals surface area (Å²) in [6.07, 6.45) is -2.21. The standard InChI is InChI=1S/C13H22NO7.Li/c1-8(2)9(14-11(16)21-13(3,4)5)10(15)19-6-7-20-12(17)18;/h8H,6-7H2,1-5H3,(H,14,16)(H,17,18);/q-1;+1. The summed E-state index contributed by atoms with van der Waals surface area (Å²) in [7, 11) is 0. The molecule has 0 aromatic rings. The molecular formula is C13H22LiNO7. The molecule has 0 fully saturated rings. The van der Waals surface area contributed by atoms with Crippen molar-refractivity contribution in [2.75, 3.05) is 13.2 Å². The molecule has 2 N–H and O–H groups in total. The van der Waals surface area contributed by atoms with Crippen LogP contribution in [0.2, 0.25) is 0 Å². The third-order valence-electron chi connectivity index (χ3n) is 1.97. The van der Waals surface area contributed by atoms with Crippen molar-refractivity contribution in [3.8, 4) is 0 Å². The van der Waals surface area contributed by atoms with Gasteiger partial charge in [-0.15, -0.1) is 5.92 Å². The van der Waals surface area contributed by atoms with Crippen molar-refractivity contribution in [3.05, 3.63) is 6.04 Å². The summed E-state index contributed by atoms with van der Waals surface area (Å²) >= 11 is 0. The summed E-state index contributed by atoms with van der Waals surface area (Å²) in [6.45, 7) is 7.97. The van der Waals surface area contributed by atoms with Gasteiger partial charge in [0.2, 0.25) is 0 Å². The fourth-order valence-corrected chi connectivity index (χ4v) is 1.19. The van der Waals surface area contributed by atoms with Gasteiger partial charge in [-0.3, -0.25) is 4.79 Å². The molecule has 1 amide bonds. The van der Waals surface area contributed by atoms with E-state index >= 15 is 0 Å². The van der Waals surface area contributed by atoms with Crippen molar-refractivity contribution in [1.82, 2.24) is 5.32 Å². The molecule has 9 heteroatoms. The minimum absolute atomic E-state index is 0. The number of nitrogens with one attached hydrogen (secondary N) is 1. The average Bonchev–Trinajstić information content (AvgIpc) is 2.28. The van der Waals surface area contributed by atoms with Gasteiger partial charge in [-0.2, -0.15) is 6.04 Å². The van der Waals surface area contributed by atoms with Crippen LogP contribution in [0, 0.1) is 12.0 Å². The van der Waals surface area contributed by atoms with E-state index in [1.165, 1.54) is 0 Å². The van der Waals surface area contributed by atoms with Gasteiger partial charge in [0.05, 0.1) is 0 Å². The molecule has 0 bridgehead atoms. The zero-order chi connectivity index (χ0) is 16.6. The smallest absolute Gasteiger partial charge is 0.483 e. The zero-order valence-corrected chi connectivity index (χ0v) is 13.9. The topological polar surface area (TPSA) is 111 Å². The first-order chi connectivity index (χ1) is 9.53. The van der Waals surface area contributed by atoms with Gasteiger partial charge in [0.15, 0.2) is 5.97 Å². The Labute approximate surface area is 142 Å². The maximum atomic E-state index is 11.8. The third-order valence-corrected chi connectivity index (χ3v) is 1.97. The van der Waals surface area contributed by atoms with E-state index in [0.29, 0.717) is 0 Å². The van der Waals surface area contributed by atoms with Crippen molar-refractivity contribution >= 4 is 18.2 Å². The van der Waals surface area contributed by atoms with E-state index in [1.807, 2.05) is 0 Å². The molecule has 0 aliphatic heterocycles. The van der Waals surface area contributed by atoms with Crippen molar-refractivity contribution in [2.45, 2.75) is 40.2 Å². The minimum atomic E-state index is -1.45. The van der Waals surface area contributed by atoms with Crippen molar-refractivity contribution in [3.63, 3.8) is 0 Å². The summed E-state index contributed by atoms with van der Waals surface area (Å²) in [6, 6.07) is 0.0274. The van der Waals surface area contributed by atoms with Gasteiger partial charge in [0.1, 0.15) is 18.8 Å². The maximum absolute atomic E-state index is 11.8. The summed E-state index contributed by atoms with van der Waals surface area (Å²) in [5.41, 5.74) is -0.689. The Hall–Kier alpha value is -1.52. The monoisotopic (exact) mass is 311 g/mol. The number of esters is 1. The zero-order valence-electron chi connectivity index (χ0n) is 13.9. The molecule has 0 heterocycles. The Morgan fingerprint density at radius 1 is 1.14 bits per heavy atom. The summed E-state index contributed by atoms with van der Waals surface area (Å²) < 4.78 is 14.1. The molecule has 0 rings (SSSR count). The molecule has 0 saturated carbocycles. The van der Waals surface area contributed by atoms with E-state index < -0.39 is 23.8 Å². The van der Waals surface area contributed by atoms with E-state index in [-0.39, 0.29) is 44.0 Å². The van der Waals surface area contributed by atoms with E-state index in [2.05, 4.69) is 10.1 Å². The second kappa shape index (κ2) is 10.2. The molecule has 0 spiro atoms. The molecule has 0 radical (unpaired) electrons. The number of ether oxygens (including phenoxy) is 3. The van der Waals surface area contributed by atoms with Crippen LogP contribution in [0.15, 0.2) is 0 Å². The summed E-state index contributed by atoms with van der Waals surface area (Å²) in [4.78, 5) is 33.6. The Bertz CT molecular complexity index is 379. The van der Waals surface area contributed by atoms with Gasteiger partial charge in [0.25, 0.3) is 0 Å². The van der Waals surface area contributed by atoms with Gasteiger partial charge in [-0.25, -0.2) is 9.59 Å². The van der Waals surface area contributed by atoms with Crippen LogP contribution in [0.5, 0.6) is 0 Å². The predicted molar refractivity (Wildman–Crippen MR) is 72.4 cm³/mol. The number of rotatable bonds is 6. The first-order valence-electron chi connectivity index (χ1n) is 6.42. The van der Waals surface area contributed by atoms with Gasteiger partial charge in [0, 0.05) is 0 Å². The normalized spacial score (nSPS) is 10.3. The molecule has 0 aromatic heterocycles. The fraction of sp³-hybridized carbons (Fsp3) is 0.692. The number of carbonyl (C=O) groups excluding carboxylic acids is 2. The van der Waals surface area contributed by atoms with E-state index in [0.717, 1.165) is 0 Å². The Kier molecular flexibility index (Phi) is 10.6. The Balaban J connectivity index is 0. The number of carboxylic acid groups (broad SMARTS) is 1. The van der Waals surface area contributed by atoms with E-state index in [9.17, 15) is 14.4 Å². The number of hydrogen-bond acceptors (Lipinski definition) is 6. The number of amides is 1. The van der Waals surface area contributed by atoms with E-state index in [1.54, 1.807) is 34.6 Å². The summed E-state index contributed by atoms with van der Waals surface area (Å²) in [5, 5.41) is 10.6. The average molecular weight is 311 g/mol.